The summed E-state index contributed by atoms with van der Waals surface area (Å²) in [7, 11) is 1.48. The van der Waals surface area contributed by atoms with Gasteiger partial charge in [-0.1, -0.05) is 12.2 Å². The predicted molar refractivity (Wildman–Crippen MR) is 62.5 cm³/mol. The van der Waals surface area contributed by atoms with Gasteiger partial charge in [0.15, 0.2) is 0 Å². The van der Waals surface area contributed by atoms with Crippen molar-refractivity contribution in [2.75, 3.05) is 12.9 Å². The van der Waals surface area contributed by atoms with E-state index in [0.717, 1.165) is 5.56 Å². The van der Waals surface area contributed by atoms with Crippen LogP contribution in [-0.2, 0) is 0 Å². The number of ether oxygens (including phenoxy) is 1. The van der Waals surface area contributed by atoms with Crippen LogP contribution in [0.2, 0.25) is 0 Å². The Hall–Kier alpha value is -1.49. The van der Waals surface area contributed by atoms with Crippen LogP contribution in [0.3, 0.4) is 0 Å². The average Bonchev–Trinajstić information content (AvgIpc) is 2.25. The molecule has 4 nitrogen and oxygen atoms in total. The SMILES string of the molecule is COc1cc([N+](=O)[O-])ccc1C=CCS. The minimum Gasteiger partial charge on any atom is -0.496 e. The maximum absolute atomic E-state index is 10.5. The number of nitrogens with zero attached hydrogens (tertiary/aromatic N) is 1. The first kappa shape index (κ1) is 11.6. The van der Waals surface area contributed by atoms with Crippen LogP contribution in [0.25, 0.3) is 6.08 Å². The Morgan fingerprint density at radius 2 is 2.33 bits per heavy atom. The fraction of sp³-hybridized carbons (Fsp3) is 0.200. The normalized spacial score (nSPS) is 10.5. The Balaban J connectivity index is 3.09. The number of benzene rings is 1. The van der Waals surface area contributed by atoms with Gasteiger partial charge in [-0.05, 0) is 6.07 Å². The molecule has 0 aliphatic carbocycles. The summed E-state index contributed by atoms with van der Waals surface area (Å²) in [6.45, 7) is 0. The van der Waals surface area contributed by atoms with Crippen LogP contribution in [0.15, 0.2) is 24.3 Å². The molecule has 80 valence electrons. The van der Waals surface area contributed by atoms with Crippen molar-refractivity contribution in [3.05, 3.63) is 40.0 Å². The minimum absolute atomic E-state index is 0.0230. The van der Waals surface area contributed by atoms with Crippen LogP contribution in [0.5, 0.6) is 5.75 Å². The standard InChI is InChI=1S/C10H11NO3S/c1-14-10-7-9(11(12)13)5-4-8(10)3-2-6-15/h2-5,7,15H,6H2,1H3. The summed E-state index contributed by atoms with van der Waals surface area (Å²) in [6, 6.07) is 4.50. The predicted octanol–water partition coefficient (Wildman–Crippen LogP) is 2.55. The number of rotatable bonds is 4. The van der Waals surface area contributed by atoms with E-state index in [9.17, 15) is 10.1 Å². The van der Waals surface area contributed by atoms with Gasteiger partial charge in [0, 0.05) is 17.4 Å². The molecule has 0 fully saturated rings. The summed E-state index contributed by atoms with van der Waals surface area (Å²) in [5.41, 5.74) is 0.826. The summed E-state index contributed by atoms with van der Waals surface area (Å²) < 4.78 is 5.05. The number of nitro benzene ring substituents is 1. The summed E-state index contributed by atoms with van der Waals surface area (Å²) in [5.74, 6) is 1.10. The zero-order chi connectivity index (χ0) is 11.3. The van der Waals surface area contributed by atoms with E-state index < -0.39 is 4.92 Å². The van der Waals surface area contributed by atoms with Gasteiger partial charge in [-0.15, -0.1) is 0 Å². The average molecular weight is 225 g/mol. The molecule has 0 amide bonds. The van der Waals surface area contributed by atoms with E-state index in [1.165, 1.54) is 19.2 Å². The summed E-state index contributed by atoms with van der Waals surface area (Å²) >= 11 is 4.03. The van der Waals surface area contributed by atoms with Crippen molar-refractivity contribution >= 4 is 24.4 Å². The fourth-order valence-electron chi connectivity index (χ4n) is 1.13. The molecule has 5 heteroatoms. The third-order valence-corrected chi connectivity index (χ3v) is 2.04. The molecule has 0 saturated carbocycles. The van der Waals surface area contributed by atoms with Crippen molar-refractivity contribution in [2.45, 2.75) is 0 Å². The van der Waals surface area contributed by atoms with Crippen molar-refractivity contribution in [3.8, 4) is 5.75 Å². The Morgan fingerprint density at radius 3 is 2.87 bits per heavy atom. The number of thiol groups is 1. The highest BCUT2D eigenvalue weighted by molar-refractivity contribution is 7.80. The zero-order valence-corrected chi connectivity index (χ0v) is 9.11. The monoisotopic (exact) mass is 225 g/mol. The van der Waals surface area contributed by atoms with Crippen LogP contribution in [-0.4, -0.2) is 17.8 Å². The Bertz CT molecular complexity index is 390. The molecule has 0 heterocycles. The van der Waals surface area contributed by atoms with Gasteiger partial charge >= 0.3 is 0 Å². The smallest absolute Gasteiger partial charge is 0.273 e. The van der Waals surface area contributed by atoms with Gasteiger partial charge in [0.25, 0.3) is 5.69 Å². The molecule has 1 rings (SSSR count). The van der Waals surface area contributed by atoms with Gasteiger partial charge in [-0.25, -0.2) is 0 Å². The van der Waals surface area contributed by atoms with Gasteiger partial charge in [0.1, 0.15) is 5.75 Å². The first-order valence-corrected chi connectivity index (χ1v) is 4.92. The van der Waals surface area contributed by atoms with E-state index in [2.05, 4.69) is 12.6 Å². The molecule has 1 aromatic rings. The van der Waals surface area contributed by atoms with Gasteiger partial charge in [0.05, 0.1) is 18.1 Å². The lowest BCUT2D eigenvalue weighted by Crippen LogP contribution is -1.91. The maximum atomic E-state index is 10.5. The van der Waals surface area contributed by atoms with Gasteiger partial charge in [-0.3, -0.25) is 10.1 Å². The number of nitro groups is 1. The molecule has 0 bridgehead atoms. The summed E-state index contributed by atoms with van der Waals surface area (Å²) in [6.07, 6.45) is 3.66. The van der Waals surface area contributed by atoms with Gasteiger partial charge in [-0.2, -0.15) is 12.6 Å². The Kier molecular flexibility index (Phi) is 4.17. The molecule has 0 saturated heterocycles. The highest BCUT2D eigenvalue weighted by Gasteiger charge is 2.09. The molecule has 0 radical (unpaired) electrons. The molecule has 0 aliphatic rings. The molecule has 1 aromatic carbocycles. The lowest BCUT2D eigenvalue weighted by molar-refractivity contribution is -0.384. The molecule has 0 N–H and O–H groups in total. The lowest BCUT2D eigenvalue weighted by atomic mass is 10.1. The second-order valence-corrected chi connectivity index (χ2v) is 3.13. The maximum Gasteiger partial charge on any atom is 0.273 e. The molecule has 15 heavy (non-hydrogen) atoms. The molecule has 0 spiro atoms. The van der Waals surface area contributed by atoms with Crippen LogP contribution >= 0.6 is 12.6 Å². The van der Waals surface area contributed by atoms with Crippen molar-refractivity contribution in [1.82, 2.24) is 0 Å². The number of methoxy groups -OCH3 is 1. The Labute approximate surface area is 93.1 Å². The number of non-ortho nitro benzene ring substituents is 1. The topological polar surface area (TPSA) is 52.4 Å². The zero-order valence-electron chi connectivity index (χ0n) is 8.21. The third-order valence-electron chi connectivity index (χ3n) is 1.83. The molecular formula is C10H11NO3S. The van der Waals surface area contributed by atoms with Crippen LogP contribution in [0, 0.1) is 10.1 Å². The highest BCUT2D eigenvalue weighted by Crippen LogP contribution is 2.25. The number of hydrogen-bond donors (Lipinski definition) is 1. The minimum atomic E-state index is -0.450. The van der Waals surface area contributed by atoms with E-state index in [-0.39, 0.29) is 5.69 Å². The number of hydrogen-bond acceptors (Lipinski definition) is 4. The second kappa shape index (κ2) is 5.41. The second-order valence-electron chi connectivity index (χ2n) is 2.77. The van der Waals surface area contributed by atoms with Crippen LogP contribution in [0.4, 0.5) is 5.69 Å². The van der Waals surface area contributed by atoms with Crippen LogP contribution < -0.4 is 4.74 Å². The van der Waals surface area contributed by atoms with E-state index in [1.807, 2.05) is 12.2 Å². The molecule has 0 unspecified atom stereocenters. The summed E-state index contributed by atoms with van der Waals surface area (Å²) in [5, 5.41) is 10.5. The molecule has 0 atom stereocenters. The first-order chi connectivity index (χ1) is 7.19. The quantitative estimate of drug-likeness (QED) is 0.486. The molecule has 0 aromatic heterocycles. The third kappa shape index (κ3) is 2.99. The van der Waals surface area contributed by atoms with E-state index in [4.69, 9.17) is 4.74 Å². The van der Waals surface area contributed by atoms with E-state index in [0.29, 0.717) is 11.5 Å². The fourth-order valence-corrected chi connectivity index (χ4v) is 1.24. The largest absolute Gasteiger partial charge is 0.496 e. The highest BCUT2D eigenvalue weighted by atomic mass is 32.1. The van der Waals surface area contributed by atoms with Crippen LogP contribution in [0.1, 0.15) is 5.56 Å². The van der Waals surface area contributed by atoms with Gasteiger partial charge < -0.3 is 4.74 Å². The summed E-state index contributed by atoms with van der Waals surface area (Å²) in [4.78, 5) is 10.1. The van der Waals surface area contributed by atoms with Crippen molar-refractivity contribution in [3.63, 3.8) is 0 Å². The van der Waals surface area contributed by atoms with Crippen molar-refractivity contribution in [1.29, 1.82) is 0 Å². The van der Waals surface area contributed by atoms with E-state index >= 15 is 0 Å². The Morgan fingerprint density at radius 1 is 1.60 bits per heavy atom. The van der Waals surface area contributed by atoms with Crippen molar-refractivity contribution in [2.24, 2.45) is 0 Å². The van der Waals surface area contributed by atoms with Crippen molar-refractivity contribution < 1.29 is 9.66 Å². The van der Waals surface area contributed by atoms with Gasteiger partial charge in [0.2, 0.25) is 0 Å². The molecular weight excluding hydrogens is 214 g/mol. The molecule has 0 aliphatic heterocycles. The van der Waals surface area contributed by atoms with E-state index in [1.54, 1.807) is 6.07 Å². The first-order valence-electron chi connectivity index (χ1n) is 4.29. The lowest BCUT2D eigenvalue weighted by Gasteiger charge is -2.03.